The van der Waals surface area contributed by atoms with E-state index in [1.807, 2.05) is 0 Å². The second-order valence-electron chi connectivity index (χ2n) is 13.4. The van der Waals surface area contributed by atoms with E-state index in [1.165, 1.54) is 34.9 Å². The van der Waals surface area contributed by atoms with Crippen LogP contribution in [-0.2, 0) is 19.1 Å². The Morgan fingerprint density at radius 1 is 1.18 bits per heavy atom. The Morgan fingerprint density at radius 2 is 1.93 bits per heavy atom. The van der Waals surface area contributed by atoms with Gasteiger partial charge in [-0.3, -0.25) is 9.59 Å². The average molecular weight is 601 g/mol. The normalized spacial score (nSPS) is 33.9. The van der Waals surface area contributed by atoms with Crippen molar-refractivity contribution in [2.45, 2.75) is 65.2 Å². The summed E-state index contributed by atoms with van der Waals surface area (Å²) in [6, 6.07) is 8.94. The second kappa shape index (κ2) is 12.2. The highest BCUT2D eigenvalue weighted by molar-refractivity contribution is 5.97. The molecule has 3 fully saturated rings. The van der Waals surface area contributed by atoms with E-state index in [9.17, 15) is 19.9 Å². The predicted octanol–water partition coefficient (Wildman–Crippen LogP) is 5.04. The summed E-state index contributed by atoms with van der Waals surface area (Å²) in [6.45, 7) is 8.39. The second-order valence-corrected chi connectivity index (χ2v) is 13.4. The van der Waals surface area contributed by atoms with Crippen molar-refractivity contribution in [2.24, 2.45) is 33.7 Å². The van der Waals surface area contributed by atoms with Crippen LogP contribution >= 0.6 is 0 Å². The Kier molecular flexibility index (Phi) is 8.47. The molecule has 0 amide bonds. The summed E-state index contributed by atoms with van der Waals surface area (Å²) in [5, 5.41) is 22.9. The first kappa shape index (κ1) is 30.6. The molecule has 0 spiro atoms. The van der Waals surface area contributed by atoms with Gasteiger partial charge in [-0.05, 0) is 96.6 Å². The quantitative estimate of drug-likeness (QED) is 0.211. The zero-order valence-electron chi connectivity index (χ0n) is 26.1. The number of nitrogens with zero attached hydrogens (tertiary/aromatic N) is 2. The van der Waals surface area contributed by atoms with Gasteiger partial charge in [0, 0.05) is 31.6 Å². The van der Waals surface area contributed by atoms with Gasteiger partial charge in [0.2, 0.25) is 0 Å². The zero-order chi connectivity index (χ0) is 31.1. The van der Waals surface area contributed by atoms with Gasteiger partial charge >= 0.3 is 5.97 Å². The lowest BCUT2D eigenvalue weighted by Crippen LogP contribution is -2.52. The number of carbonyl (C=O) groups excluding carboxylic acids is 2. The number of allylic oxidation sites excluding steroid dienone is 4. The lowest BCUT2D eigenvalue weighted by atomic mass is 9.47. The molecule has 0 aromatic heterocycles. The minimum atomic E-state index is -1.01. The summed E-state index contributed by atoms with van der Waals surface area (Å²) in [5.74, 6) is 6.35. The van der Waals surface area contributed by atoms with Gasteiger partial charge in [-0.15, -0.1) is 0 Å². The van der Waals surface area contributed by atoms with Crippen molar-refractivity contribution in [3.63, 3.8) is 0 Å². The molecule has 1 aliphatic heterocycles. The van der Waals surface area contributed by atoms with Crippen LogP contribution in [0.3, 0.4) is 0 Å². The van der Waals surface area contributed by atoms with Gasteiger partial charge in [-0.1, -0.05) is 48.5 Å². The number of carbonyl (C=O) groups is 2. The van der Waals surface area contributed by atoms with Crippen LogP contribution in [0.15, 0.2) is 52.2 Å². The summed E-state index contributed by atoms with van der Waals surface area (Å²) in [5.41, 5.74) is 5.81. The van der Waals surface area contributed by atoms with Crippen molar-refractivity contribution in [3.8, 4) is 11.8 Å². The van der Waals surface area contributed by atoms with Crippen molar-refractivity contribution < 1.29 is 29.4 Å². The number of ketones is 1. The van der Waals surface area contributed by atoms with Crippen molar-refractivity contribution in [3.05, 3.63) is 52.6 Å². The number of fused-ring (bicyclic) bond motifs is 4. The molecule has 6 rings (SSSR count). The number of rotatable bonds is 5. The fraction of sp³-hybridized carbons (Fsp3) is 0.583. The number of benzene rings is 1. The third-order valence-electron chi connectivity index (χ3n) is 11.4. The van der Waals surface area contributed by atoms with Crippen LogP contribution in [0.2, 0.25) is 0 Å². The van der Waals surface area contributed by atoms with Gasteiger partial charge in [-0.25, -0.2) is 0 Å². The van der Waals surface area contributed by atoms with Gasteiger partial charge in [-0.2, -0.15) is 0 Å². The van der Waals surface area contributed by atoms with Crippen LogP contribution in [0.1, 0.15) is 70.8 Å². The average Bonchev–Trinajstić information content (AvgIpc) is 3.35. The van der Waals surface area contributed by atoms with Gasteiger partial charge < -0.3 is 24.7 Å². The van der Waals surface area contributed by atoms with Crippen LogP contribution in [0.25, 0.3) is 0 Å². The lowest BCUT2D eigenvalue weighted by Gasteiger charge is -2.55. The standard InChI is InChI=1S/C36H44N2O6/c1-23-19-30-32-11-13-36(12-4-16-39,33(41)22-44-24(2)40)35(32,3)21-31(34(30)28-10-7-26(37-42)20-29(23)28)25-5-8-27(9-6-25)38-14-17-43-18-15-38/h5-6,8-9,20,23,30-32,39,42H,7,10-11,13-19,21-22H2,1-3H3/t23?,30-,31+,32-,35-,36+/m0/s1. The van der Waals surface area contributed by atoms with E-state index in [4.69, 9.17) is 9.47 Å². The van der Waals surface area contributed by atoms with E-state index in [1.54, 1.807) is 0 Å². The molecule has 0 radical (unpaired) electrons. The first-order valence-corrected chi connectivity index (χ1v) is 16.1. The number of hydrogen-bond donors (Lipinski definition) is 2. The Hall–Kier alpha value is -3.41. The summed E-state index contributed by atoms with van der Waals surface area (Å²) < 4.78 is 10.8. The molecule has 5 aliphatic rings. The fourth-order valence-electron chi connectivity index (χ4n) is 9.32. The maximum atomic E-state index is 14.1. The maximum absolute atomic E-state index is 14.1. The lowest BCUT2D eigenvalue weighted by molar-refractivity contribution is -0.150. The van der Waals surface area contributed by atoms with Crippen molar-refractivity contribution >= 4 is 23.2 Å². The SMILES string of the molecule is CC(=O)OCC(=O)[C@@]1(C#CCO)CC[C@H]2[C@@H]3CC(C)C4=CC(=NO)CCC4=C3[C@@H](c3ccc(N4CCOCC4)cc3)C[C@@]21C. The largest absolute Gasteiger partial charge is 0.458 e. The highest BCUT2D eigenvalue weighted by Gasteiger charge is 2.66. The number of aliphatic hydroxyl groups excluding tert-OH is 1. The molecule has 234 valence electrons. The van der Waals surface area contributed by atoms with E-state index in [0.29, 0.717) is 12.8 Å². The molecule has 1 aromatic rings. The monoisotopic (exact) mass is 600 g/mol. The number of anilines is 1. The smallest absolute Gasteiger partial charge is 0.303 e. The molecule has 1 aromatic carbocycles. The van der Waals surface area contributed by atoms with Gasteiger partial charge in [0.1, 0.15) is 6.61 Å². The van der Waals surface area contributed by atoms with E-state index in [2.05, 4.69) is 66.1 Å². The van der Waals surface area contributed by atoms with Crippen LogP contribution in [-0.4, -0.2) is 67.3 Å². The number of oxime groups is 1. The van der Waals surface area contributed by atoms with Crippen molar-refractivity contribution in [2.75, 3.05) is 44.4 Å². The molecule has 8 heteroatoms. The molecule has 44 heavy (non-hydrogen) atoms. The van der Waals surface area contributed by atoms with Crippen molar-refractivity contribution in [1.29, 1.82) is 0 Å². The molecule has 1 saturated heterocycles. The van der Waals surface area contributed by atoms with Crippen LogP contribution in [0.4, 0.5) is 5.69 Å². The minimum Gasteiger partial charge on any atom is -0.458 e. The Balaban J connectivity index is 1.48. The number of esters is 1. The van der Waals surface area contributed by atoms with E-state index in [-0.39, 0.29) is 42.7 Å². The van der Waals surface area contributed by atoms with Gasteiger partial charge in [0.05, 0.1) is 24.3 Å². The first-order valence-electron chi connectivity index (χ1n) is 16.1. The van der Waals surface area contributed by atoms with E-state index < -0.39 is 16.8 Å². The highest BCUT2D eigenvalue weighted by Crippen LogP contribution is 2.70. The summed E-state index contributed by atoms with van der Waals surface area (Å²) in [7, 11) is 0. The van der Waals surface area contributed by atoms with Gasteiger partial charge in [0.15, 0.2) is 12.4 Å². The summed E-state index contributed by atoms with van der Waals surface area (Å²) in [4.78, 5) is 28.2. The van der Waals surface area contributed by atoms with Crippen molar-refractivity contribution in [1.82, 2.24) is 0 Å². The third-order valence-corrected chi connectivity index (χ3v) is 11.4. The number of aliphatic hydroxyl groups is 1. The Bertz CT molecular complexity index is 1460. The predicted molar refractivity (Wildman–Crippen MR) is 167 cm³/mol. The van der Waals surface area contributed by atoms with Gasteiger partial charge in [0.25, 0.3) is 0 Å². The molecule has 6 atom stereocenters. The number of Topliss-reactive ketones (excluding diaryl/α,β-unsaturated/α-hetero) is 1. The first-order chi connectivity index (χ1) is 21.2. The molecule has 0 bridgehead atoms. The molecule has 1 unspecified atom stereocenters. The number of ether oxygens (including phenoxy) is 2. The minimum absolute atomic E-state index is 0.0773. The van der Waals surface area contributed by atoms with Crippen LogP contribution in [0.5, 0.6) is 0 Å². The molecule has 1 heterocycles. The molecule has 2 N–H and O–H groups in total. The fourth-order valence-corrected chi connectivity index (χ4v) is 9.32. The number of hydrogen-bond acceptors (Lipinski definition) is 8. The maximum Gasteiger partial charge on any atom is 0.303 e. The summed E-state index contributed by atoms with van der Waals surface area (Å²) >= 11 is 0. The number of morpholine rings is 1. The van der Waals surface area contributed by atoms with Crippen LogP contribution < -0.4 is 4.90 Å². The van der Waals surface area contributed by atoms with Crippen LogP contribution in [0, 0.1) is 40.4 Å². The molecular weight excluding hydrogens is 556 g/mol. The topological polar surface area (TPSA) is 109 Å². The highest BCUT2D eigenvalue weighted by atomic mass is 16.5. The molecule has 4 aliphatic carbocycles. The molecule has 2 saturated carbocycles. The van der Waals surface area contributed by atoms with E-state index in [0.717, 1.165) is 57.7 Å². The molecule has 8 nitrogen and oxygen atoms in total. The van der Waals surface area contributed by atoms with E-state index >= 15 is 0 Å². The third kappa shape index (κ3) is 5.08. The molecular formula is C36H44N2O6. The zero-order valence-corrected chi connectivity index (χ0v) is 26.1. The summed E-state index contributed by atoms with van der Waals surface area (Å²) in [6.07, 6.45) is 6.76. The Morgan fingerprint density at radius 3 is 2.61 bits per heavy atom. The Labute approximate surface area is 260 Å².